The van der Waals surface area contributed by atoms with E-state index in [2.05, 4.69) is 48.6 Å². The predicted octanol–water partition coefficient (Wildman–Crippen LogP) is 4.21. The minimum absolute atomic E-state index is 0.0906. The standard InChI is InChI=1S/C15H19ClN2/c1-2-15(16)14-11-17-18(12-14)10-6-9-13-7-4-3-5-8-13/h3-5,7-8,11-12,15H,2,6,9-10H2,1H3. The summed E-state index contributed by atoms with van der Waals surface area (Å²) in [6.45, 7) is 3.03. The van der Waals surface area contributed by atoms with Crippen LogP contribution in [0.5, 0.6) is 0 Å². The third-order valence-corrected chi connectivity index (χ3v) is 3.63. The quantitative estimate of drug-likeness (QED) is 0.713. The zero-order valence-corrected chi connectivity index (χ0v) is 11.5. The Balaban J connectivity index is 1.82. The predicted molar refractivity (Wildman–Crippen MR) is 75.9 cm³/mol. The maximum Gasteiger partial charge on any atom is 0.0613 e. The second-order valence-corrected chi connectivity index (χ2v) is 5.03. The molecule has 0 saturated heterocycles. The van der Waals surface area contributed by atoms with Crippen molar-refractivity contribution in [2.45, 2.75) is 38.1 Å². The first kappa shape index (κ1) is 13.2. The fourth-order valence-corrected chi connectivity index (χ4v) is 2.10. The molecular formula is C15H19ClN2. The Morgan fingerprint density at radius 2 is 2.06 bits per heavy atom. The highest BCUT2D eigenvalue weighted by Gasteiger charge is 2.07. The molecule has 2 nitrogen and oxygen atoms in total. The number of halogens is 1. The van der Waals surface area contributed by atoms with Gasteiger partial charge in [0.25, 0.3) is 0 Å². The topological polar surface area (TPSA) is 17.8 Å². The van der Waals surface area contributed by atoms with Crippen LogP contribution in [0.15, 0.2) is 42.7 Å². The van der Waals surface area contributed by atoms with Gasteiger partial charge in [-0.1, -0.05) is 37.3 Å². The van der Waals surface area contributed by atoms with E-state index in [9.17, 15) is 0 Å². The molecule has 0 amide bonds. The van der Waals surface area contributed by atoms with E-state index in [1.807, 2.05) is 10.9 Å². The molecule has 0 aliphatic heterocycles. The summed E-state index contributed by atoms with van der Waals surface area (Å²) in [5.74, 6) is 0. The highest BCUT2D eigenvalue weighted by molar-refractivity contribution is 6.20. The van der Waals surface area contributed by atoms with Gasteiger partial charge in [-0.05, 0) is 24.8 Å². The number of aryl methyl sites for hydroxylation is 2. The minimum atomic E-state index is 0.0906. The zero-order chi connectivity index (χ0) is 12.8. The fourth-order valence-electron chi connectivity index (χ4n) is 1.99. The molecule has 0 fully saturated rings. The first-order chi connectivity index (χ1) is 8.79. The monoisotopic (exact) mass is 262 g/mol. The molecule has 0 aliphatic rings. The van der Waals surface area contributed by atoms with Crippen LogP contribution in [-0.2, 0) is 13.0 Å². The Kier molecular flexibility index (Phi) is 4.82. The lowest BCUT2D eigenvalue weighted by Gasteiger charge is -2.03. The molecular weight excluding hydrogens is 244 g/mol. The average molecular weight is 263 g/mol. The summed E-state index contributed by atoms with van der Waals surface area (Å²) >= 11 is 6.18. The van der Waals surface area contributed by atoms with Crippen molar-refractivity contribution < 1.29 is 0 Å². The summed E-state index contributed by atoms with van der Waals surface area (Å²) in [4.78, 5) is 0. The number of nitrogens with zero attached hydrogens (tertiary/aromatic N) is 2. The Morgan fingerprint density at radius 1 is 1.28 bits per heavy atom. The highest BCUT2D eigenvalue weighted by atomic mass is 35.5. The largest absolute Gasteiger partial charge is 0.272 e. The molecule has 18 heavy (non-hydrogen) atoms. The van der Waals surface area contributed by atoms with Gasteiger partial charge >= 0.3 is 0 Å². The van der Waals surface area contributed by atoms with Crippen molar-refractivity contribution in [3.05, 3.63) is 53.9 Å². The van der Waals surface area contributed by atoms with Crippen molar-refractivity contribution in [2.24, 2.45) is 0 Å². The van der Waals surface area contributed by atoms with Gasteiger partial charge in [0.2, 0.25) is 0 Å². The van der Waals surface area contributed by atoms with E-state index in [1.54, 1.807) is 0 Å². The van der Waals surface area contributed by atoms with Gasteiger partial charge in [0, 0.05) is 18.3 Å². The lowest BCUT2D eigenvalue weighted by Crippen LogP contribution is -1.99. The van der Waals surface area contributed by atoms with Gasteiger partial charge in [-0.2, -0.15) is 5.10 Å². The smallest absolute Gasteiger partial charge is 0.0613 e. The third-order valence-electron chi connectivity index (χ3n) is 3.07. The molecule has 0 radical (unpaired) electrons. The molecule has 2 rings (SSSR count). The molecule has 3 heteroatoms. The molecule has 2 aromatic rings. The van der Waals surface area contributed by atoms with E-state index < -0.39 is 0 Å². The number of aromatic nitrogens is 2. The van der Waals surface area contributed by atoms with E-state index in [0.717, 1.165) is 31.4 Å². The Hall–Kier alpha value is -1.28. The Morgan fingerprint density at radius 3 is 2.78 bits per heavy atom. The fraction of sp³-hybridized carbons (Fsp3) is 0.400. The van der Waals surface area contributed by atoms with Crippen molar-refractivity contribution in [1.29, 1.82) is 0 Å². The molecule has 0 N–H and O–H groups in total. The van der Waals surface area contributed by atoms with Crippen molar-refractivity contribution in [1.82, 2.24) is 9.78 Å². The maximum atomic E-state index is 6.18. The molecule has 0 aliphatic carbocycles. The van der Waals surface area contributed by atoms with Crippen molar-refractivity contribution in [3.63, 3.8) is 0 Å². The maximum absolute atomic E-state index is 6.18. The molecule has 0 bridgehead atoms. The van der Waals surface area contributed by atoms with Crippen LogP contribution in [0, 0.1) is 0 Å². The number of hydrogen-bond donors (Lipinski definition) is 0. The van der Waals surface area contributed by atoms with Gasteiger partial charge in [-0.3, -0.25) is 4.68 Å². The molecule has 96 valence electrons. The lowest BCUT2D eigenvalue weighted by atomic mass is 10.1. The van der Waals surface area contributed by atoms with Crippen LogP contribution in [0.2, 0.25) is 0 Å². The number of alkyl halides is 1. The summed E-state index contributed by atoms with van der Waals surface area (Å²) in [7, 11) is 0. The summed E-state index contributed by atoms with van der Waals surface area (Å²) in [5.41, 5.74) is 2.51. The van der Waals surface area contributed by atoms with Gasteiger partial charge in [0.15, 0.2) is 0 Å². The third kappa shape index (κ3) is 3.61. The second kappa shape index (κ2) is 6.60. The van der Waals surface area contributed by atoms with Crippen LogP contribution in [0.1, 0.15) is 36.3 Å². The van der Waals surface area contributed by atoms with Crippen LogP contribution in [0.25, 0.3) is 0 Å². The van der Waals surface area contributed by atoms with Crippen LogP contribution in [-0.4, -0.2) is 9.78 Å². The van der Waals surface area contributed by atoms with Crippen molar-refractivity contribution >= 4 is 11.6 Å². The van der Waals surface area contributed by atoms with Crippen molar-refractivity contribution in [3.8, 4) is 0 Å². The lowest BCUT2D eigenvalue weighted by molar-refractivity contribution is 0.578. The van der Waals surface area contributed by atoms with E-state index in [0.29, 0.717) is 0 Å². The van der Waals surface area contributed by atoms with Gasteiger partial charge in [0.05, 0.1) is 11.6 Å². The van der Waals surface area contributed by atoms with Gasteiger partial charge in [-0.15, -0.1) is 11.6 Å². The summed E-state index contributed by atoms with van der Waals surface area (Å²) in [6.07, 6.45) is 7.07. The number of rotatable bonds is 6. The van der Waals surface area contributed by atoms with Gasteiger partial charge in [-0.25, -0.2) is 0 Å². The molecule has 1 unspecified atom stereocenters. The van der Waals surface area contributed by atoms with Crippen LogP contribution in [0.3, 0.4) is 0 Å². The molecule has 0 saturated carbocycles. The zero-order valence-electron chi connectivity index (χ0n) is 10.7. The SMILES string of the molecule is CCC(Cl)c1cnn(CCCc2ccccc2)c1. The highest BCUT2D eigenvalue weighted by Crippen LogP contribution is 2.22. The minimum Gasteiger partial charge on any atom is -0.272 e. The van der Waals surface area contributed by atoms with E-state index in [4.69, 9.17) is 11.6 Å². The Bertz CT molecular complexity index is 464. The molecule has 0 spiro atoms. The summed E-state index contributed by atoms with van der Waals surface area (Å²) in [5, 5.41) is 4.44. The normalized spacial score (nSPS) is 12.6. The summed E-state index contributed by atoms with van der Waals surface area (Å²) in [6, 6.07) is 10.6. The molecule has 1 aromatic heterocycles. The average Bonchev–Trinajstić information content (AvgIpc) is 2.88. The number of benzene rings is 1. The van der Waals surface area contributed by atoms with Crippen LogP contribution < -0.4 is 0 Å². The van der Waals surface area contributed by atoms with Crippen molar-refractivity contribution in [2.75, 3.05) is 0 Å². The van der Waals surface area contributed by atoms with E-state index in [1.165, 1.54) is 5.56 Å². The van der Waals surface area contributed by atoms with E-state index >= 15 is 0 Å². The number of hydrogen-bond acceptors (Lipinski definition) is 1. The first-order valence-corrected chi connectivity index (χ1v) is 6.93. The van der Waals surface area contributed by atoms with E-state index in [-0.39, 0.29) is 5.38 Å². The van der Waals surface area contributed by atoms with Crippen LogP contribution >= 0.6 is 11.6 Å². The first-order valence-electron chi connectivity index (χ1n) is 6.50. The Labute approximate surface area is 114 Å². The molecule has 1 heterocycles. The molecule has 1 aromatic carbocycles. The van der Waals surface area contributed by atoms with Gasteiger partial charge in [0.1, 0.15) is 0 Å². The molecule has 1 atom stereocenters. The second-order valence-electron chi connectivity index (χ2n) is 4.50. The van der Waals surface area contributed by atoms with Gasteiger partial charge < -0.3 is 0 Å². The van der Waals surface area contributed by atoms with Crippen LogP contribution in [0.4, 0.5) is 0 Å². The summed E-state index contributed by atoms with van der Waals surface area (Å²) < 4.78 is 1.99.